The Morgan fingerprint density at radius 1 is 1.00 bits per heavy atom. The average Bonchev–Trinajstić information content (AvgIpc) is 3.21. The number of nitrogens with zero attached hydrogens (tertiary/aromatic N) is 2. The van der Waals surface area contributed by atoms with E-state index in [2.05, 4.69) is 0 Å². The highest BCUT2D eigenvalue weighted by Gasteiger charge is 2.27. The van der Waals surface area contributed by atoms with Crippen LogP contribution in [0.25, 0.3) is 0 Å². The maximum atomic E-state index is 12.8. The van der Waals surface area contributed by atoms with Crippen molar-refractivity contribution in [2.24, 2.45) is 0 Å². The Kier molecular flexibility index (Phi) is 5.37. The summed E-state index contributed by atoms with van der Waals surface area (Å²) in [5.74, 6) is 0.529. The maximum absolute atomic E-state index is 12.8. The third kappa shape index (κ3) is 3.48. The first-order valence-electron chi connectivity index (χ1n) is 8.07. The smallest absolute Gasteiger partial charge is 0.257 e. The van der Waals surface area contributed by atoms with Crippen molar-refractivity contribution in [2.45, 2.75) is 0 Å². The van der Waals surface area contributed by atoms with E-state index in [4.69, 9.17) is 25.5 Å². The Balaban J connectivity index is 1.69. The lowest BCUT2D eigenvalue weighted by atomic mass is 10.1. The van der Waals surface area contributed by atoms with E-state index in [9.17, 15) is 9.59 Å². The normalized spacial score (nSPS) is 14.3. The minimum atomic E-state index is -0.164. The summed E-state index contributed by atoms with van der Waals surface area (Å²) in [5.41, 5.74) is 0.929. The molecular weight excluding hydrogens is 360 g/mol. The molecule has 0 unspecified atom stereocenters. The van der Waals surface area contributed by atoms with Gasteiger partial charge in [-0.3, -0.25) is 9.59 Å². The molecule has 1 aliphatic rings. The van der Waals surface area contributed by atoms with Crippen LogP contribution < -0.4 is 9.47 Å². The van der Waals surface area contributed by atoms with Gasteiger partial charge in [-0.25, -0.2) is 0 Å². The number of ether oxygens (including phenoxy) is 2. The lowest BCUT2D eigenvalue weighted by Gasteiger charge is -2.34. The van der Waals surface area contributed by atoms with E-state index in [0.717, 1.165) is 0 Å². The van der Waals surface area contributed by atoms with Gasteiger partial charge < -0.3 is 23.7 Å². The summed E-state index contributed by atoms with van der Waals surface area (Å²) >= 11 is 6.18. The van der Waals surface area contributed by atoms with Crippen LogP contribution in [-0.4, -0.2) is 62.0 Å². The highest BCUT2D eigenvalue weighted by molar-refractivity contribution is 6.32. The van der Waals surface area contributed by atoms with Gasteiger partial charge >= 0.3 is 0 Å². The zero-order valence-electron chi connectivity index (χ0n) is 14.5. The van der Waals surface area contributed by atoms with Crippen molar-refractivity contribution in [2.75, 3.05) is 40.4 Å². The van der Waals surface area contributed by atoms with E-state index in [-0.39, 0.29) is 11.8 Å². The van der Waals surface area contributed by atoms with Crippen molar-refractivity contribution >= 4 is 23.4 Å². The second kappa shape index (κ2) is 7.70. The van der Waals surface area contributed by atoms with Crippen LogP contribution in [0.15, 0.2) is 35.1 Å². The van der Waals surface area contributed by atoms with Crippen LogP contribution in [-0.2, 0) is 0 Å². The van der Waals surface area contributed by atoms with Crippen molar-refractivity contribution in [1.29, 1.82) is 0 Å². The van der Waals surface area contributed by atoms with Gasteiger partial charge in [0, 0.05) is 31.7 Å². The molecule has 8 heteroatoms. The van der Waals surface area contributed by atoms with Crippen LogP contribution in [0.2, 0.25) is 5.02 Å². The molecule has 0 radical (unpaired) electrons. The van der Waals surface area contributed by atoms with Crippen molar-refractivity contribution in [3.05, 3.63) is 46.9 Å². The Morgan fingerprint density at radius 2 is 1.62 bits per heavy atom. The molecule has 138 valence electrons. The van der Waals surface area contributed by atoms with E-state index in [0.29, 0.717) is 53.8 Å². The van der Waals surface area contributed by atoms with Crippen LogP contribution in [0, 0.1) is 0 Å². The van der Waals surface area contributed by atoms with Crippen molar-refractivity contribution < 1.29 is 23.5 Å². The van der Waals surface area contributed by atoms with Gasteiger partial charge in [-0.05, 0) is 18.2 Å². The summed E-state index contributed by atoms with van der Waals surface area (Å²) in [6, 6.07) is 4.80. The molecule has 0 bridgehead atoms. The lowest BCUT2D eigenvalue weighted by Crippen LogP contribution is -2.50. The summed E-state index contributed by atoms with van der Waals surface area (Å²) in [6.07, 6.45) is 2.89. The quantitative estimate of drug-likeness (QED) is 0.817. The number of halogens is 1. The van der Waals surface area contributed by atoms with Gasteiger partial charge in [0.05, 0.1) is 31.1 Å². The van der Waals surface area contributed by atoms with E-state index in [1.54, 1.807) is 28.0 Å². The number of piperazine rings is 1. The molecule has 0 spiro atoms. The predicted molar refractivity (Wildman–Crippen MR) is 95.1 cm³/mol. The molecular formula is C18H19ClN2O5. The Labute approximate surface area is 156 Å². The van der Waals surface area contributed by atoms with E-state index in [1.807, 2.05) is 0 Å². The van der Waals surface area contributed by atoms with Gasteiger partial charge in [-0.15, -0.1) is 0 Å². The van der Waals surface area contributed by atoms with E-state index < -0.39 is 0 Å². The molecule has 26 heavy (non-hydrogen) atoms. The molecule has 3 rings (SSSR count). The van der Waals surface area contributed by atoms with Crippen LogP contribution in [0.4, 0.5) is 0 Å². The van der Waals surface area contributed by atoms with Gasteiger partial charge in [0.25, 0.3) is 11.8 Å². The maximum Gasteiger partial charge on any atom is 0.257 e. The average molecular weight is 379 g/mol. The minimum absolute atomic E-state index is 0.0972. The van der Waals surface area contributed by atoms with Gasteiger partial charge in [0.1, 0.15) is 6.26 Å². The Bertz CT molecular complexity index is 798. The fourth-order valence-electron chi connectivity index (χ4n) is 2.91. The molecule has 1 fully saturated rings. The fourth-order valence-corrected chi connectivity index (χ4v) is 3.19. The number of furan rings is 1. The molecule has 7 nitrogen and oxygen atoms in total. The highest BCUT2D eigenvalue weighted by atomic mass is 35.5. The molecule has 0 atom stereocenters. The molecule has 1 aromatic carbocycles. The van der Waals surface area contributed by atoms with Crippen molar-refractivity contribution in [3.63, 3.8) is 0 Å². The topological polar surface area (TPSA) is 72.2 Å². The zero-order chi connectivity index (χ0) is 18.7. The zero-order valence-corrected chi connectivity index (χ0v) is 15.3. The summed E-state index contributed by atoms with van der Waals surface area (Å²) in [5, 5.41) is 0.309. The van der Waals surface area contributed by atoms with Gasteiger partial charge in [0.15, 0.2) is 11.5 Å². The molecule has 2 amide bonds. The van der Waals surface area contributed by atoms with E-state index >= 15 is 0 Å². The summed E-state index contributed by atoms with van der Waals surface area (Å²) in [7, 11) is 2.98. The molecule has 2 aromatic rings. The second-order valence-electron chi connectivity index (χ2n) is 5.79. The third-order valence-corrected chi connectivity index (χ3v) is 4.58. The number of hydrogen-bond acceptors (Lipinski definition) is 5. The Hall–Kier alpha value is -2.67. The SMILES string of the molecule is COc1cc(C(=O)N2CCN(C(=O)c3ccoc3)CC2)cc(Cl)c1OC. The molecule has 0 aliphatic carbocycles. The number of carbonyl (C=O) groups excluding carboxylic acids is 2. The molecule has 0 N–H and O–H groups in total. The van der Waals surface area contributed by atoms with Crippen molar-refractivity contribution in [3.8, 4) is 11.5 Å². The largest absolute Gasteiger partial charge is 0.493 e. The van der Waals surface area contributed by atoms with Gasteiger partial charge in [-0.1, -0.05) is 11.6 Å². The summed E-state index contributed by atoms with van der Waals surface area (Å²) in [4.78, 5) is 28.5. The molecule has 1 saturated heterocycles. The van der Waals surface area contributed by atoms with Crippen LogP contribution >= 0.6 is 11.6 Å². The number of benzene rings is 1. The second-order valence-corrected chi connectivity index (χ2v) is 6.20. The first-order chi connectivity index (χ1) is 12.5. The molecule has 0 saturated carbocycles. The molecule has 2 heterocycles. The number of carbonyl (C=O) groups is 2. The molecule has 1 aliphatic heterocycles. The lowest BCUT2D eigenvalue weighted by molar-refractivity contribution is 0.0535. The van der Waals surface area contributed by atoms with E-state index in [1.165, 1.54) is 26.7 Å². The van der Waals surface area contributed by atoms with Crippen molar-refractivity contribution in [1.82, 2.24) is 9.80 Å². The number of amides is 2. The highest BCUT2D eigenvalue weighted by Crippen LogP contribution is 2.36. The Morgan fingerprint density at radius 3 is 2.12 bits per heavy atom. The molecule has 1 aromatic heterocycles. The van der Waals surface area contributed by atoms with Gasteiger partial charge in [0.2, 0.25) is 0 Å². The number of methoxy groups -OCH3 is 2. The minimum Gasteiger partial charge on any atom is -0.493 e. The third-order valence-electron chi connectivity index (χ3n) is 4.30. The monoisotopic (exact) mass is 378 g/mol. The number of hydrogen-bond donors (Lipinski definition) is 0. The summed E-state index contributed by atoms with van der Waals surface area (Å²) in [6.45, 7) is 1.79. The first kappa shape index (κ1) is 18.1. The fraction of sp³-hybridized carbons (Fsp3) is 0.333. The van der Waals surface area contributed by atoms with Crippen LogP contribution in [0.3, 0.4) is 0 Å². The predicted octanol–water partition coefficient (Wildman–Crippen LogP) is 2.55. The standard InChI is InChI=1S/C18H19ClN2O5/c1-24-15-10-13(9-14(19)16(15)25-2)18(23)21-6-4-20(5-7-21)17(22)12-3-8-26-11-12/h3,8-11H,4-7H2,1-2H3. The van der Waals surface area contributed by atoms with Gasteiger partial charge in [-0.2, -0.15) is 0 Å². The van der Waals surface area contributed by atoms with Crippen LogP contribution in [0.1, 0.15) is 20.7 Å². The van der Waals surface area contributed by atoms with Crippen LogP contribution in [0.5, 0.6) is 11.5 Å². The first-order valence-corrected chi connectivity index (χ1v) is 8.45. The summed E-state index contributed by atoms with van der Waals surface area (Å²) < 4.78 is 15.4. The number of rotatable bonds is 4.